The first-order chi connectivity index (χ1) is 7.61. The number of halogens is 1. The van der Waals surface area contributed by atoms with Crippen LogP contribution in [0, 0.1) is 0 Å². The molecule has 3 N–H and O–H groups in total. The van der Waals surface area contributed by atoms with Crippen molar-refractivity contribution in [3.8, 4) is 0 Å². The van der Waals surface area contributed by atoms with Gasteiger partial charge in [0.05, 0.1) is 6.42 Å². The van der Waals surface area contributed by atoms with E-state index in [1.54, 1.807) is 24.3 Å². The molecule has 0 aliphatic carbocycles. The van der Waals surface area contributed by atoms with Crippen molar-refractivity contribution in [1.29, 1.82) is 0 Å². The molecular formula is C11H13ClN2O2. The van der Waals surface area contributed by atoms with Crippen molar-refractivity contribution in [2.75, 3.05) is 11.2 Å². The number of hydrogen-bond acceptors (Lipinski definition) is 2. The highest BCUT2D eigenvalue weighted by Crippen LogP contribution is 2.10. The molecule has 5 heteroatoms. The molecule has 16 heavy (non-hydrogen) atoms. The Labute approximate surface area is 98.8 Å². The molecule has 0 unspecified atom stereocenters. The number of nitrogens with two attached hydrogens (primary N) is 1. The van der Waals surface area contributed by atoms with Gasteiger partial charge in [0, 0.05) is 18.0 Å². The molecule has 0 radical (unpaired) electrons. The Morgan fingerprint density at radius 2 is 1.88 bits per heavy atom. The molecule has 0 fully saturated rings. The van der Waals surface area contributed by atoms with Crippen LogP contribution in [0.4, 0.5) is 5.69 Å². The van der Waals surface area contributed by atoms with Crippen molar-refractivity contribution in [2.45, 2.75) is 12.8 Å². The van der Waals surface area contributed by atoms with Gasteiger partial charge in [0.15, 0.2) is 0 Å². The summed E-state index contributed by atoms with van der Waals surface area (Å²) in [5, 5.41) is 2.68. The Morgan fingerprint density at radius 1 is 1.25 bits per heavy atom. The van der Waals surface area contributed by atoms with Gasteiger partial charge >= 0.3 is 0 Å². The van der Waals surface area contributed by atoms with E-state index in [0.717, 1.165) is 5.56 Å². The first kappa shape index (κ1) is 12.5. The molecular weight excluding hydrogens is 228 g/mol. The number of alkyl halides is 1. The number of amides is 2. The van der Waals surface area contributed by atoms with Gasteiger partial charge in [0.2, 0.25) is 11.8 Å². The third-order valence-corrected chi connectivity index (χ3v) is 2.13. The predicted octanol–water partition coefficient (Wildman–Crippen LogP) is 1.28. The molecule has 0 spiro atoms. The number of carbonyl (C=O) groups is 2. The Balaban J connectivity index is 2.57. The van der Waals surface area contributed by atoms with Crippen LogP contribution in [0.25, 0.3) is 0 Å². The zero-order valence-corrected chi connectivity index (χ0v) is 9.46. The number of benzene rings is 1. The monoisotopic (exact) mass is 240 g/mol. The van der Waals surface area contributed by atoms with E-state index in [4.69, 9.17) is 17.3 Å². The summed E-state index contributed by atoms with van der Waals surface area (Å²) >= 11 is 5.43. The van der Waals surface area contributed by atoms with E-state index in [1.165, 1.54) is 0 Å². The lowest BCUT2D eigenvalue weighted by Crippen LogP contribution is -2.14. The zero-order valence-electron chi connectivity index (χ0n) is 8.70. The number of nitrogens with one attached hydrogen (secondary N) is 1. The highest BCUT2D eigenvalue weighted by molar-refractivity contribution is 6.19. The fraction of sp³-hybridized carbons (Fsp3) is 0.273. The fourth-order valence-corrected chi connectivity index (χ4v) is 1.39. The van der Waals surface area contributed by atoms with E-state index in [1.807, 2.05) is 0 Å². The minimum absolute atomic E-state index is 0.127. The molecule has 2 amide bonds. The smallest absolute Gasteiger partial charge is 0.225 e. The molecule has 0 atom stereocenters. The Hall–Kier alpha value is -1.55. The molecule has 0 saturated carbocycles. The van der Waals surface area contributed by atoms with Gasteiger partial charge in [-0.05, 0) is 17.7 Å². The third kappa shape index (κ3) is 4.31. The van der Waals surface area contributed by atoms with Gasteiger partial charge in [0.25, 0.3) is 0 Å². The highest BCUT2D eigenvalue weighted by atomic mass is 35.5. The molecule has 1 aromatic rings. The molecule has 0 aliphatic heterocycles. The molecule has 0 heterocycles. The molecule has 0 saturated heterocycles. The lowest BCUT2D eigenvalue weighted by molar-refractivity contribution is -0.117. The van der Waals surface area contributed by atoms with Gasteiger partial charge in [0.1, 0.15) is 0 Å². The molecule has 1 aromatic carbocycles. The van der Waals surface area contributed by atoms with Crippen LogP contribution in [0.15, 0.2) is 24.3 Å². The predicted molar refractivity (Wildman–Crippen MR) is 63.3 cm³/mol. The molecule has 1 rings (SSSR count). The third-order valence-electron chi connectivity index (χ3n) is 1.94. The lowest BCUT2D eigenvalue weighted by Gasteiger charge is -2.04. The van der Waals surface area contributed by atoms with E-state index in [2.05, 4.69) is 5.32 Å². The number of hydrogen-bond donors (Lipinski definition) is 2. The number of rotatable bonds is 5. The van der Waals surface area contributed by atoms with Gasteiger partial charge in [-0.1, -0.05) is 12.1 Å². The topological polar surface area (TPSA) is 72.2 Å². The second kappa shape index (κ2) is 6.12. The first-order valence-electron chi connectivity index (χ1n) is 4.85. The van der Waals surface area contributed by atoms with Crippen molar-refractivity contribution >= 4 is 29.1 Å². The summed E-state index contributed by atoms with van der Waals surface area (Å²) in [4.78, 5) is 21.9. The normalized spacial score (nSPS) is 9.81. The van der Waals surface area contributed by atoms with Crippen LogP contribution >= 0.6 is 11.6 Å². The van der Waals surface area contributed by atoms with E-state index in [0.29, 0.717) is 11.6 Å². The van der Waals surface area contributed by atoms with Crippen LogP contribution in [-0.2, 0) is 16.0 Å². The van der Waals surface area contributed by atoms with Crippen LogP contribution in [0.3, 0.4) is 0 Å². The summed E-state index contributed by atoms with van der Waals surface area (Å²) in [7, 11) is 0. The standard InChI is InChI=1S/C11H13ClN2O2/c12-6-5-11(16)14-9-3-1-8(2-4-9)7-10(13)15/h1-4H,5-7H2,(H2,13,15)(H,14,16). The van der Waals surface area contributed by atoms with Crippen LogP contribution in [0.1, 0.15) is 12.0 Å². The summed E-state index contributed by atoms with van der Waals surface area (Å²) < 4.78 is 0. The van der Waals surface area contributed by atoms with Gasteiger partial charge in [-0.15, -0.1) is 11.6 Å². The van der Waals surface area contributed by atoms with Gasteiger partial charge < -0.3 is 11.1 Å². The number of anilines is 1. The number of carbonyl (C=O) groups excluding carboxylic acids is 2. The second-order valence-electron chi connectivity index (χ2n) is 3.33. The lowest BCUT2D eigenvalue weighted by atomic mass is 10.1. The van der Waals surface area contributed by atoms with E-state index < -0.39 is 0 Å². The Morgan fingerprint density at radius 3 is 2.38 bits per heavy atom. The molecule has 86 valence electrons. The van der Waals surface area contributed by atoms with E-state index >= 15 is 0 Å². The average Bonchev–Trinajstić information content (AvgIpc) is 2.20. The van der Waals surface area contributed by atoms with Crippen LogP contribution in [-0.4, -0.2) is 17.7 Å². The fourth-order valence-electron chi connectivity index (χ4n) is 1.22. The van der Waals surface area contributed by atoms with Gasteiger partial charge in [-0.25, -0.2) is 0 Å². The second-order valence-corrected chi connectivity index (χ2v) is 3.71. The summed E-state index contributed by atoms with van der Waals surface area (Å²) in [6, 6.07) is 6.96. The maximum Gasteiger partial charge on any atom is 0.225 e. The quantitative estimate of drug-likeness (QED) is 0.761. The van der Waals surface area contributed by atoms with E-state index in [-0.39, 0.29) is 24.7 Å². The summed E-state index contributed by atoms with van der Waals surface area (Å²) in [5.74, 6) is -0.206. The highest BCUT2D eigenvalue weighted by Gasteiger charge is 2.02. The Bertz CT molecular complexity index is 376. The van der Waals surface area contributed by atoms with Crippen molar-refractivity contribution in [3.63, 3.8) is 0 Å². The van der Waals surface area contributed by atoms with Crippen molar-refractivity contribution in [1.82, 2.24) is 0 Å². The summed E-state index contributed by atoms with van der Waals surface area (Å²) in [6.07, 6.45) is 0.487. The first-order valence-corrected chi connectivity index (χ1v) is 5.38. The van der Waals surface area contributed by atoms with Crippen LogP contribution < -0.4 is 11.1 Å². The molecule has 0 aliphatic rings. The van der Waals surface area contributed by atoms with Gasteiger partial charge in [-0.3, -0.25) is 9.59 Å². The van der Waals surface area contributed by atoms with Crippen LogP contribution in [0.2, 0.25) is 0 Å². The molecule has 0 aromatic heterocycles. The zero-order chi connectivity index (χ0) is 12.0. The average molecular weight is 241 g/mol. The largest absolute Gasteiger partial charge is 0.369 e. The summed E-state index contributed by atoms with van der Waals surface area (Å²) in [5.41, 5.74) is 6.57. The maximum atomic E-state index is 11.2. The molecule has 4 nitrogen and oxygen atoms in total. The van der Waals surface area contributed by atoms with Crippen molar-refractivity contribution < 1.29 is 9.59 Å². The van der Waals surface area contributed by atoms with Gasteiger partial charge in [-0.2, -0.15) is 0 Å². The maximum absolute atomic E-state index is 11.2. The van der Waals surface area contributed by atoms with Crippen molar-refractivity contribution in [2.24, 2.45) is 5.73 Å². The summed E-state index contributed by atoms with van der Waals surface area (Å²) in [6.45, 7) is 0. The van der Waals surface area contributed by atoms with E-state index in [9.17, 15) is 9.59 Å². The van der Waals surface area contributed by atoms with Crippen molar-refractivity contribution in [3.05, 3.63) is 29.8 Å². The minimum atomic E-state index is -0.376. The van der Waals surface area contributed by atoms with Crippen LogP contribution in [0.5, 0.6) is 0 Å². The number of primary amides is 1. The molecule has 0 bridgehead atoms. The SMILES string of the molecule is NC(=O)Cc1ccc(NC(=O)CCCl)cc1. The Kier molecular flexibility index (Phi) is 4.79. The minimum Gasteiger partial charge on any atom is -0.369 e.